The molecule has 2 aromatic heterocycles. The molecule has 1 aliphatic rings. The maximum absolute atomic E-state index is 12.6. The molecule has 0 aromatic carbocycles. The number of aromatic nitrogens is 3. The number of anilines is 3. The van der Waals surface area contributed by atoms with Gasteiger partial charge >= 0.3 is 0 Å². The molecule has 8 heteroatoms. The Hall–Kier alpha value is -2.27. The van der Waals surface area contributed by atoms with Crippen LogP contribution in [0.2, 0.25) is 0 Å². The fraction of sp³-hybridized carbons (Fsp3) is 0.467. The van der Waals surface area contributed by atoms with Crippen LogP contribution in [-0.4, -0.2) is 34.1 Å². The van der Waals surface area contributed by atoms with Crippen LogP contribution in [0.5, 0.6) is 0 Å². The molecule has 0 spiro atoms. The van der Waals surface area contributed by atoms with Crippen LogP contribution in [-0.2, 0) is 0 Å². The van der Waals surface area contributed by atoms with E-state index in [0.717, 1.165) is 22.1 Å². The topological polar surface area (TPSA) is 77.7 Å². The predicted molar refractivity (Wildman–Crippen MR) is 87.8 cm³/mol. The van der Waals surface area contributed by atoms with Crippen molar-refractivity contribution in [3.63, 3.8) is 0 Å². The number of nitrogens with one attached hydrogen (secondary N) is 1. The molecule has 3 heterocycles. The van der Waals surface area contributed by atoms with Gasteiger partial charge in [-0.25, -0.2) is 4.98 Å². The molecule has 0 bridgehead atoms. The number of aryl methyl sites for hydroxylation is 2. The zero-order valence-electron chi connectivity index (χ0n) is 13.0. The summed E-state index contributed by atoms with van der Waals surface area (Å²) in [5.41, 5.74) is 1.29. The molecular weight excluding hydrogens is 315 g/mol. The number of nitrogens with zero attached hydrogens (tertiary/aromatic N) is 5. The van der Waals surface area contributed by atoms with Gasteiger partial charge in [-0.05, 0) is 37.9 Å². The van der Waals surface area contributed by atoms with Crippen molar-refractivity contribution < 1.29 is 4.39 Å². The third-order valence-electron chi connectivity index (χ3n) is 3.90. The second-order valence-electron chi connectivity index (χ2n) is 5.84. The van der Waals surface area contributed by atoms with Gasteiger partial charge < -0.3 is 10.2 Å². The summed E-state index contributed by atoms with van der Waals surface area (Å²) in [6.45, 7) is 4.39. The monoisotopic (exact) mass is 332 g/mol. The Bertz CT molecular complexity index is 747. The van der Waals surface area contributed by atoms with E-state index < -0.39 is 12.1 Å². The normalized spacial score (nSPS) is 15.8. The molecule has 0 atom stereocenters. The molecule has 1 aliphatic heterocycles. The summed E-state index contributed by atoms with van der Waals surface area (Å²) < 4.78 is 16.8. The van der Waals surface area contributed by atoms with Crippen LogP contribution in [0.15, 0.2) is 12.3 Å². The Morgan fingerprint density at radius 2 is 2.26 bits per heavy atom. The Labute approximate surface area is 138 Å². The second kappa shape index (κ2) is 6.08. The van der Waals surface area contributed by atoms with E-state index in [9.17, 15) is 9.65 Å². The maximum atomic E-state index is 12.6. The first-order valence-corrected chi connectivity index (χ1v) is 8.09. The van der Waals surface area contributed by atoms with Gasteiger partial charge in [0.2, 0.25) is 5.95 Å². The van der Waals surface area contributed by atoms with Crippen molar-refractivity contribution in [3.05, 3.63) is 23.5 Å². The van der Waals surface area contributed by atoms with Crippen molar-refractivity contribution in [1.82, 2.24) is 14.3 Å². The molecule has 1 fully saturated rings. The SMILES string of the molecule is Cc1cc(Nc2ncc(C)c(N3CC(C#N)(CCF)C3)n2)sn1. The molecule has 2 aromatic rings. The summed E-state index contributed by atoms with van der Waals surface area (Å²) in [5, 5.41) is 13.3. The highest BCUT2D eigenvalue weighted by Gasteiger charge is 2.44. The van der Waals surface area contributed by atoms with Gasteiger partial charge in [0, 0.05) is 24.8 Å². The highest BCUT2D eigenvalue weighted by atomic mass is 32.1. The molecule has 0 unspecified atom stereocenters. The predicted octanol–water partition coefficient (Wildman–Crippen LogP) is 2.98. The lowest BCUT2D eigenvalue weighted by Gasteiger charge is -2.46. The molecular formula is C15H17FN6S. The van der Waals surface area contributed by atoms with Crippen LogP contribution in [0, 0.1) is 30.6 Å². The van der Waals surface area contributed by atoms with Crippen molar-refractivity contribution in [2.45, 2.75) is 20.3 Å². The molecule has 0 amide bonds. The number of rotatable bonds is 5. The van der Waals surface area contributed by atoms with E-state index in [-0.39, 0.29) is 6.42 Å². The fourth-order valence-electron chi connectivity index (χ4n) is 2.65. The summed E-state index contributed by atoms with van der Waals surface area (Å²) in [4.78, 5) is 10.8. The number of halogens is 1. The largest absolute Gasteiger partial charge is 0.353 e. The summed E-state index contributed by atoms with van der Waals surface area (Å²) in [6.07, 6.45) is 2.02. The Morgan fingerprint density at radius 1 is 1.48 bits per heavy atom. The molecule has 1 N–H and O–H groups in total. The van der Waals surface area contributed by atoms with Crippen molar-refractivity contribution in [3.8, 4) is 6.07 Å². The van der Waals surface area contributed by atoms with Crippen molar-refractivity contribution in [2.24, 2.45) is 5.41 Å². The van der Waals surface area contributed by atoms with E-state index in [1.54, 1.807) is 6.20 Å². The number of hydrogen-bond donors (Lipinski definition) is 1. The standard InChI is InChI=1S/C15H17FN6S/c1-10-6-18-14(19-12-5-11(2)21-23-12)20-13(10)22-8-15(7-17,9-22)3-4-16/h5-6H,3-4,8-9H2,1-2H3,(H,18,19,20). The maximum Gasteiger partial charge on any atom is 0.229 e. The van der Waals surface area contributed by atoms with Gasteiger partial charge in [-0.2, -0.15) is 14.6 Å². The first-order chi connectivity index (χ1) is 11.0. The first kappa shape index (κ1) is 15.6. The third-order valence-corrected chi connectivity index (χ3v) is 4.70. The average Bonchev–Trinajstić information content (AvgIpc) is 2.90. The van der Waals surface area contributed by atoms with Crippen molar-refractivity contribution in [2.75, 3.05) is 30.0 Å². The minimum atomic E-state index is -0.589. The van der Waals surface area contributed by atoms with E-state index >= 15 is 0 Å². The van der Waals surface area contributed by atoms with Gasteiger partial charge in [0.25, 0.3) is 0 Å². The summed E-state index contributed by atoms with van der Waals surface area (Å²) in [6, 6.07) is 4.17. The lowest BCUT2D eigenvalue weighted by atomic mass is 9.78. The Kier molecular flexibility index (Phi) is 4.13. The molecule has 0 saturated carbocycles. The van der Waals surface area contributed by atoms with Crippen molar-refractivity contribution >= 4 is 28.3 Å². The molecule has 120 valence electrons. The molecule has 0 radical (unpaired) electrons. The second-order valence-corrected chi connectivity index (χ2v) is 6.65. The Morgan fingerprint density at radius 3 is 2.87 bits per heavy atom. The van der Waals surface area contributed by atoms with Crippen LogP contribution >= 0.6 is 11.5 Å². The van der Waals surface area contributed by atoms with Gasteiger partial charge in [-0.15, -0.1) is 0 Å². The number of nitriles is 1. The summed E-state index contributed by atoms with van der Waals surface area (Å²) in [5.74, 6) is 1.28. The molecule has 23 heavy (non-hydrogen) atoms. The fourth-order valence-corrected chi connectivity index (χ4v) is 3.30. The zero-order valence-corrected chi connectivity index (χ0v) is 13.8. The number of alkyl halides is 1. The molecule has 6 nitrogen and oxygen atoms in total. The van der Waals surface area contributed by atoms with E-state index in [1.165, 1.54) is 11.5 Å². The Balaban J connectivity index is 1.76. The lowest BCUT2D eigenvalue weighted by Crippen LogP contribution is -2.56. The minimum Gasteiger partial charge on any atom is -0.353 e. The van der Waals surface area contributed by atoms with E-state index in [2.05, 4.69) is 25.7 Å². The average molecular weight is 332 g/mol. The first-order valence-electron chi connectivity index (χ1n) is 7.31. The zero-order chi connectivity index (χ0) is 16.4. The van der Waals surface area contributed by atoms with E-state index in [1.807, 2.05) is 24.8 Å². The van der Waals surface area contributed by atoms with E-state index in [4.69, 9.17) is 0 Å². The van der Waals surface area contributed by atoms with Crippen LogP contribution in [0.25, 0.3) is 0 Å². The summed E-state index contributed by atoms with van der Waals surface area (Å²) >= 11 is 1.35. The highest BCUT2D eigenvalue weighted by Crippen LogP contribution is 2.37. The smallest absolute Gasteiger partial charge is 0.229 e. The number of hydrogen-bond acceptors (Lipinski definition) is 7. The lowest BCUT2D eigenvalue weighted by molar-refractivity contribution is 0.247. The van der Waals surface area contributed by atoms with Gasteiger partial charge in [0.05, 0.1) is 23.9 Å². The van der Waals surface area contributed by atoms with Gasteiger partial charge in [-0.3, -0.25) is 4.39 Å². The minimum absolute atomic E-state index is 0.273. The van der Waals surface area contributed by atoms with Crippen LogP contribution in [0.1, 0.15) is 17.7 Å². The van der Waals surface area contributed by atoms with Gasteiger partial charge in [-0.1, -0.05) is 0 Å². The van der Waals surface area contributed by atoms with Crippen molar-refractivity contribution in [1.29, 1.82) is 5.26 Å². The summed E-state index contributed by atoms with van der Waals surface area (Å²) in [7, 11) is 0. The molecule has 0 aliphatic carbocycles. The molecule has 1 saturated heterocycles. The van der Waals surface area contributed by atoms with Crippen LogP contribution in [0.4, 0.5) is 21.2 Å². The van der Waals surface area contributed by atoms with E-state index in [0.29, 0.717) is 19.0 Å². The highest BCUT2D eigenvalue weighted by molar-refractivity contribution is 7.10. The van der Waals surface area contributed by atoms with Gasteiger partial charge in [0.1, 0.15) is 10.8 Å². The van der Waals surface area contributed by atoms with Gasteiger partial charge in [0.15, 0.2) is 0 Å². The van der Waals surface area contributed by atoms with Crippen LogP contribution < -0.4 is 10.2 Å². The quantitative estimate of drug-likeness (QED) is 0.907. The third kappa shape index (κ3) is 3.10. The van der Waals surface area contributed by atoms with Crippen LogP contribution in [0.3, 0.4) is 0 Å². The molecule has 3 rings (SSSR count).